The molecule has 5 nitrogen and oxygen atoms in total. The van der Waals surface area contributed by atoms with E-state index in [-0.39, 0.29) is 0 Å². The topological polar surface area (TPSA) is 22.5 Å². The van der Waals surface area contributed by atoms with Gasteiger partial charge in [0.1, 0.15) is 11.4 Å². The van der Waals surface area contributed by atoms with Gasteiger partial charge in [-0.25, -0.2) is 0 Å². The lowest BCUT2D eigenvalue weighted by Crippen LogP contribution is -2.75. The molecule has 3 aliphatic heterocycles. The van der Waals surface area contributed by atoms with Crippen molar-refractivity contribution in [1.82, 2.24) is 13.9 Å². The van der Waals surface area contributed by atoms with Crippen molar-refractivity contribution in [3.8, 4) is 39.3 Å². The summed E-state index contributed by atoms with van der Waals surface area (Å²) in [6.45, 7) is 4.54. The highest BCUT2D eigenvalue weighted by Crippen LogP contribution is 2.53. The fourth-order valence-corrected chi connectivity index (χ4v) is 8.73. The molecule has 0 aliphatic carbocycles. The van der Waals surface area contributed by atoms with Crippen LogP contribution in [0.1, 0.15) is 22.4 Å². The normalized spacial score (nSPS) is 16.5. The molecule has 11 rings (SSSR count). The quantitative estimate of drug-likeness (QED) is 0.199. The van der Waals surface area contributed by atoms with Crippen LogP contribution in [0.5, 0.6) is 0 Å². The Morgan fingerprint density at radius 1 is 0.614 bits per heavy atom. The van der Waals surface area contributed by atoms with E-state index in [0.29, 0.717) is 0 Å². The predicted octanol–water partition coefficient (Wildman–Crippen LogP) is 7.13. The van der Waals surface area contributed by atoms with Crippen molar-refractivity contribution in [2.24, 2.45) is 0 Å². The van der Waals surface area contributed by atoms with Gasteiger partial charge in [0.2, 0.25) is 11.9 Å². The first-order chi connectivity index (χ1) is 21.7. The number of benzene rings is 5. The summed E-state index contributed by atoms with van der Waals surface area (Å²) in [4.78, 5) is 0. The molecule has 206 valence electrons. The van der Waals surface area contributed by atoms with Crippen LogP contribution in [0.25, 0.3) is 61.1 Å². The minimum atomic E-state index is -0.547. The van der Waals surface area contributed by atoms with Crippen molar-refractivity contribution in [3.05, 3.63) is 150 Å². The monoisotopic (exact) mass is 565 g/mol. The Labute approximate surface area is 253 Å². The molecular formula is C39H27N5+2. The van der Waals surface area contributed by atoms with Gasteiger partial charge in [-0.05, 0) is 68.9 Å². The zero-order valence-corrected chi connectivity index (χ0v) is 24.4. The van der Waals surface area contributed by atoms with Crippen LogP contribution < -0.4 is 9.36 Å². The minimum Gasteiger partial charge on any atom is -0.307 e. The molecule has 0 fully saturated rings. The van der Waals surface area contributed by atoms with Crippen molar-refractivity contribution < 1.29 is 9.36 Å². The summed E-state index contributed by atoms with van der Waals surface area (Å²) in [6.07, 6.45) is 6.82. The van der Waals surface area contributed by atoms with Gasteiger partial charge in [-0.2, -0.15) is 0 Å². The number of para-hydroxylation sites is 1. The van der Waals surface area contributed by atoms with E-state index in [1.54, 1.807) is 0 Å². The van der Waals surface area contributed by atoms with Crippen molar-refractivity contribution in [2.45, 2.75) is 19.5 Å². The molecule has 1 unspecified atom stereocenters. The fraction of sp³-hybridized carbons (Fsp3) is 0.0769. The first-order valence-electron chi connectivity index (χ1n) is 15.3. The molecule has 0 radical (unpaired) electrons. The molecule has 0 amide bonds. The van der Waals surface area contributed by atoms with E-state index in [0.717, 1.165) is 0 Å². The minimum absolute atomic E-state index is 0.547. The van der Waals surface area contributed by atoms with Crippen molar-refractivity contribution >= 4 is 21.8 Å². The van der Waals surface area contributed by atoms with Crippen LogP contribution in [0.4, 0.5) is 0 Å². The second-order valence-corrected chi connectivity index (χ2v) is 12.4. The highest BCUT2D eigenvalue weighted by molar-refractivity contribution is 6.12. The molecule has 0 saturated carbocycles. The number of nitrogens with zero attached hydrogens (tertiary/aromatic N) is 5. The van der Waals surface area contributed by atoms with E-state index in [2.05, 4.69) is 165 Å². The second-order valence-electron chi connectivity index (χ2n) is 12.4. The first-order valence-corrected chi connectivity index (χ1v) is 15.3. The van der Waals surface area contributed by atoms with Gasteiger partial charge >= 0.3 is 5.66 Å². The molecule has 1 spiro atoms. The van der Waals surface area contributed by atoms with Gasteiger partial charge < -0.3 is 4.57 Å². The maximum Gasteiger partial charge on any atom is 0.466 e. The van der Waals surface area contributed by atoms with Gasteiger partial charge in [-0.1, -0.05) is 72.8 Å². The number of aryl methyl sites for hydroxylation is 1. The summed E-state index contributed by atoms with van der Waals surface area (Å²) in [6, 6.07) is 40.1. The van der Waals surface area contributed by atoms with Gasteiger partial charge in [0.25, 0.3) is 0 Å². The summed E-state index contributed by atoms with van der Waals surface area (Å²) in [5.41, 5.74) is 16.0. The third kappa shape index (κ3) is 2.33. The van der Waals surface area contributed by atoms with Crippen LogP contribution >= 0.6 is 0 Å². The summed E-state index contributed by atoms with van der Waals surface area (Å²) < 4.78 is 12.3. The molecule has 5 aromatic carbocycles. The van der Waals surface area contributed by atoms with E-state index in [1.807, 2.05) is 0 Å². The van der Waals surface area contributed by atoms with Gasteiger partial charge in [0.05, 0.1) is 34.7 Å². The van der Waals surface area contributed by atoms with Gasteiger partial charge in [0, 0.05) is 23.8 Å². The van der Waals surface area contributed by atoms with Crippen LogP contribution in [0.15, 0.2) is 128 Å². The molecule has 6 heterocycles. The van der Waals surface area contributed by atoms with Crippen LogP contribution in [0.3, 0.4) is 0 Å². The third-order valence-corrected chi connectivity index (χ3v) is 10.4. The van der Waals surface area contributed by atoms with Crippen LogP contribution in [-0.4, -0.2) is 13.9 Å². The van der Waals surface area contributed by atoms with E-state index >= 15 is 0 Å². The SMILES string of the molecule is Cc1cc(-c2ccccc2)ccc1-c1cn2[n+](c1C)C13c4c(cccc4-2)-n2c4ccccc4c4ccc(c1c42)-n1ccc[n+]13. The zero-order valence-electron chi connectivity index (χ0n) is 24.4. The van der Waals surface area contributed by atoms with Crippen LogP contribution in [-0.2, 0) is 5.66 Å². The average molecular weight is 566 g/mol. The average Bonchev–Trinajstić information content (AvgIpc) is 3.85. The molecule has 8 aromatic rings. The summed E-state index contributed by atoms with van der Waals surface area (Å²) in [5.74, 6) is 0. The standard InChI is InChI=1S/C39H27N5/c1-24-22-27(26-10-4-3-5-11-26)16-17-28(24)31-23-41-33-14-8-15-35-36(33)39(44(41)25(31)2)37-34(40-20-9-21-42(39)40)19-18-30-29-12-6-7-13-32(29)43(35)38(30)37/h3-23H,1-2H3/q+2. The Kier molecular flexibility index (Phi) is 3.87. The number of fused-ring (bicyclic) bond motifs is 8. The van der Waals surface area contributed by atoms with Gasteiger partial charge in [-0.3, -0.25) is 0 Å². The number of hydrogen-bond acceptors (Lipinski definition) is 0. The Bertz CT molecular complexity index is 2580. The molecule has 1 atom stereocenters. The Hall–Kier alpha value is -5.68. The first kappa shape index (κ1) is 22.9. The predicted molar refractivity (Wildman–Crippen MR) is 172 cm³/mol. The molecular weight excluding hydrogens is 538 g/mol. The lowest BCUT2D eigenvalue weighted by Gasteiger charge is -2.23. The highest BCUT2D eigenvalue weighted by atomic mass is 15.6. The largest absolute Gasteiger partial charge is 0.466 e. The maximum atomic E-state index is 2.56. The summed E-state index contributed by atoms with van der Waals surface area (Å²) in [5, 5.41) is 2.60. The van der Waals surface area contributed by atoms with E-state index in [9.17, 15) is 0 Å². The Morgan fingerprint density at radius 3 is 2.32 bits per heavy atom. The smallest absolute Gasteiger partial charge is 0.307 e. The fourth-order valence-electron chi connectivity index (χ4n) is 8.73. The summed E-state index contributed by atoms with van der Waals surface area (Å²) in [7, 11) is 0. The number of hydrogen-bond donors (Lipinski definition) is 0. The molecule has 3 aromatic heterocycles. The van der Waals surface area contributed by atoms with Crippen LogP contribution in [0, 0.1) is 13.8 Å². The summed E-state index contributed by atoms with van der Waals surface area (Å²) >= 11 is 0. The molecule has 0 saturated heterocycles. The van der Waals surface area contributed by atoms with E-state index < -0.39 is 5.66 Å². The number of rotatable bonds is 2. The Balaban J connectivity index is 1.26. The van der Waals surface area contributed by atoms with Gasteiger partial charge in [0.15, 0.2) is 11.1 Å². The zero-order chi connectivity index (χ0) is 28.9. The van der Waals surface area contributed by atoms with Crippen LogP contribution in [0.2, 0.25) is 0 Å². The van der Waals surface area contributed by atoms with E-state index in [4.69, 9.17) is 0 Å². The van der Waals surface area contributed by atoms with Crippen molar-refractivity contribution in [1.29, 1.82) is 0 Å². The molecule has 0 N–H and O–H groups in total. The molecule has 5 heteroatoms. The highest BCUT2D eigenvalue weighted by Gasteiger charge is 2.73. The van der Waals surface area contributed by atoms with Gasteiger partial charge in [-0.15, -0.1) is 9.36 Å². The maximum absolute atomic E-state index is 2.56. The lowest BCUT2D eigenvalue weighted by molar-refractivity contribution is -1.02. The number of aromatic nitrogens is 5. The molecule has 44 heavy (non-hydrogen) atoms. The third-order valence-electron chi connectivity index (χ3n) is 10.4. The molecule has 0 bridgehead atoms. The van der Waals surface area contributed by atoms with Crippen molar-refractivity contribution in [2.75, 3.05) is 0 Å². The van der Waals surface area contributed by atoms with E-state index in [1.165, 1.54) is 83.5 Å². The lowest BCUT2D eigenvalue weighted by atomic mass is 9.85. The van der Waals surface area contributed by atoms with Crippen molar-refractivity contribution in [3.63, 3.8) is 0 Å². The molecule has 3 aliphatic rings. The second kappa shape index (κ2) is 7.44. The Morgan fingerprint density at radius 2 is 1.43 bits per heavy atom.